The summed E-state index contributed by atoms with van der Waals surface area (Å²) in [7, 11) is 0. The summed E-state index contributed by atoms with van der Waals surface area (Å²) >= 11 is 5.34. The average molecular weight is 300 g/mol. The molecule has 1 aromatic carbocycles. The molecule has 0 bridgehead atoms. The Morgan fingerprint density at radius 2 is 2.10 bits per heavy atom. The van der Waals surface area contributed by atoms with Gasteiger partial charge in [0.05, 0.1) is 6.67 Å². The predicted octanol–water partition coefficient (Wildman–Crippen LogP) is 3.55. The van der Waals surface area contributed by atoms with E-state index >= 15 is 0 Å². The molecule has 4 nitrogen and oxygen atoms in total. The molecule has 110 valence electrons. The Morgan fingerprint density at radius 1 is 1.33 bits per heavy atom. The summed E-state index contributed by atoms with van der Waals surface area (Å²) in [4.78, 5) is 6.83. The first kappa shape index (κ1) is 14.2. The molecule has 0 spiro atoms. The van der Waals surface area contributed by atoms with Crippen LogP contribution < -0.4 is 0 Å². The zero-order valence-electron chi connectivity index (χ0n) is 12.2. The van der Waals surface area contributed by atoms with Gasteiger partial charge >= 0.3 is 0 Å². The third-order valence-electron chi connectivity index (χ3n) is 3.72. The van der Waals surface area contributed by atoms with Crippen LogP contribution in [-0.2, 0) is 6.67 Å². The number of benzene rings is 1. The molecule has 1 aliphatic rings. The van der Waals surface area contributed by atoms with Gasteiger partial charge in [0.2, 0.25) is 4.77 Å². The molecular formula is C16H20N4S. The molecule has 1 saturated carbocycles. The van der Waals surface area contributed by atoms with Crippen LogP contribution in [0.1, 0.15) is 31.2 Å². The number of H-pyrrole nitrogens is 1. The summed E-state index contributed by atoms with van der Waals surface area (Å²) < 4.78 is 2.56. The first-order valence-electron chi connectivity index (χ1n) is 7.40. The first-order valence-corrected chi connectivity index (χ1v) is 7.81. The number of hydrogen-bond donors (Lipinski definition) is 1. The second-order valence-electron chi connectivity index (χ2n) is 5.34. The van der Waals surface area contributed by atoms with Gasteiger partial charge in [-0.2, -0.15) is 4.98 Å². The Hall–Kier alpha value is -1.72. The van der Waals surface area contributed by atoms with Gasteiger partial charge in [0.15, 0.2) is 0 Å². The van der Waals surface area contributed by atoms with Crippen LogP contribution >= 0.6 is 12.2 Å². The maximum atomic E-state index is 5.34. The van der Waals surface area contributed by atoms with Crippen LogP contribution in [0.15, 0.2) is 30.3 Å². The van der Waals surface area contributed by atoms with Gasteiger partial charge in [-0.1, -0.05) is 43.3 Å². The molecule has 1 N–H and O–H groups in total. The average Bonchev–Trinajstić information content (AvgIpc) is 3.29. The third-order valence-corrected chi connectivity index (χ3v) is 4.03. The van der Waals surface area contributed by atoms with Crippen molar-refractivity contribution in [2.45, 2.75) is 32.5 Å². The van der Waals surface area contributed by atoms with Crippen molar-refractivity contribution < 1.29 is 0 Å². The smallest absolute Gasteiger partial charge is 0.217 e. The second kappa shape index (κ2) is 6.37. The molecule has 1 fully saturated rings. The fraction of sp³-hybridized carbons (Fsp3) is 0.375. The number of nitrogens with zero attached hydrogens (tertiary/aromatic N) is 3. The second-order valence-corrected chi connectivity index (χ2v) is 5.71. The minimum atomic E-state index is 0.613. The van der Waals surface area contributed by atoms with Gasteiger partial charge in [-0.3, -0.25) is 10.00 Å². The van der Waals surface area contributed by atoms with E-state index in [0.717, 1.165) is 30.6 Å². The fourth-order valence-corrected chi connectivity index (χ4v) is 2.58. The highest BCUT2D eigenvalue weighted by Gasteiger charge is 2.28. The van der Waals surface area contributed by atoms with Crippen molar-refractivity contribution >= 4 is 24.4 Å². The maximum absolute atomic E-state index is 5.34. The number of aromatic amines is 1. The summed E-state index contributed by atoms with van der Waals surface area (Å²) in [6, 6.07) is 10.9. The van der Waals surface area contributed by atoms with Crippen LogP contribution in [0.25, 0.3) is 12.2 Å². The number of hydrogen-bond acceptors (Lipinski definition) is 3. The lowest BCUT2D eigenvalue weighted by molar-refractivity contribution is 0.206. The van der Waals surface area contributed by atoms with Gasteiger partial charge in [-0.15, -0.1) is 0 Å². The normalized spacial score (nSPS) is 15.1. The number of aromatic nitrogens is 3. The lowest BCUT2D eigenvalue weighted by atomic mass is 10.2. The summed E-state index contributed by atoms with van der Waals surface area (Å²) in [6.45, 7) is 4.03. The van der Waals surface area contributed by atoms with E-state index in [0.29, 0.717) is 4.77 Å². The highest BCUT2D eigenvalue weighted by atomic mass is 32.1. The van der Waals surface area contributed by atoms with E-state index in [-0.39, 0.29) is 0 Å². The molecule has 0 amide bonds. The van der Waals surface area contributed by atoms with Crippen LogP contribution in [0.2, 0.25) is 0 Å². The fourth-order valence-electron chi connectivity index (χ4n) is 2.38. The van der Waals surface area contributed by atoms with E-state index in [1.54, 1.807) is 0 Å². The molecule has 0 radical (unpaired) electrons. The molecule has 0 atom stereocenters. The summed E-state index contributed by atoms with van der Waals surface area (Å²) in [6.07, 6.45) is 6.61. The molecule has 0 saturated heterocycles. The first-order chi connectivity index (χ1) is 10.3. The molecule has 3 rings (SSSR count). The van der Waals surface area contributed by atoms with E-state index in [9.17, 15) is 0 Å². The lowest BCUT2D eigenvalue weighted by Gasteiger charge is -2.19. The predicted molar refractivity (Wildman–Crippen MR) is 88.2 cm³/mol. The van der Waals surface area contributed by atoms with E-state index < -0.39 is 0 Å². The standard InChI is InChI=1S/C16H20N4S/c1-2-19(14-9-10-14)12-20-16(21)17-15(18-20)11-8-13-6-4-3-5-7-13/h3-8,11,14H,2,9-10,12H2,1H3,(H,17,18,21)/b11-8+. The van der Waals surface area contributed by atoms with Crippen LogP contribution in [0.5, 0.6) is 0 Å². The Kier molecular flexibility index (Phi) is 4.31. The van der Waals surface area contributed by atoms with E-state index in [2.05, 4.69) is 34.0 Å². The Labute approximate surface area is 130 Å². The van der Waals surface area contributed by atoms with E-state index in [1.165, 1.54) is 12.8 Å². The molecule has 21 heavy (non-hydrogen) atoms. The molecule has 5 heteroatoms. The highest BCUT2D eigenvalue weighted by Crippen LogP contribution is 2.26. The largest absolute Gasteiger partial charge is 0.282 e. The minimum absolute atomic E-state index is 0.613. The molecule has 1 aromatic heterocycles. The van der Waals surface area contributed by atoms with Gasteiger partial charge in [-0.05, 0) is 43.2 Å². The van der Waals surface area contributed by atoms with E-state index in [4.69, 9.17) is 12.2 Å². The minimum Gasteiger partial charge on any atom is -0.282 e. The van der Waals surface area contributed by atoms with Crippen molar-refractivity contribution in [3.63, 3.8) is 0 Å². The lowest BCUT2D eigenvalue weighted by Crippen LogP contribution is -2.29. The SMILES string of the molecule is CCN(Cn1[nH]c(/C=C/c2ccccc2)nc1=S)C1CC1. The molecule has 0 unspecified atom stereocenters. The topological polar surface area (TPSA) is 36.9 Å². The zero-order valence-corrected chi connectivity index (χ0v) is 13.0. The summed E-state index contributed by atoms with van der Waals surface area (Å²) in [5.41, 5.74) is 1.15. The van der Waals surface area contributed by atoms with Gasteiger partial charge in [0.1, 0.15) is 5.82 Å². The van der Waals surface area contributed by atoms with Crippen molar-refractivity contribution in [2.75, 3.05) is 6.54 Å². The highest BCUT2D eigenvalue weighted by molar-refractivity contribution is 7.71. The molecular weight excluding hydrogens is 280 g/mol. The Bertz CT molecular complexity index is 667. The van der Waals surface area contributed by atoms with Gasteiger partial charge in [0.25, 0.3) is 0 Å². The molecule has 2 aromatic rings. The molecule has 1 heterocycles. The van der Waals surface area contributed by atoms with Gasteiger partial charge in [0, 0.05) is 6.04 Å². The summed E-state index contributed by atoms with van der Waals surface area (Å²) in [5.74, 6) is 0.802. The number of nitrogens with one attached hydrogen (secondary N) is 1. The van der Waals surface area contributed by atoms with Crippen LogP contribution in [0.3, 0.4) is 0 Å². The monoisotopic (exact) mass is 300 g/mol. The van der Waals surface area contributed by atoms with Crippen LogP contribution in [-0.4, -0.2) is 32.3 Å². The van der Waals surface area contributed by atoms with Crippen LogP contribution in [0, 0.1) is 4.77 Å². The summed E-state index contributed by atoms with van der Waals surface area (Å²) in [5, 5.41) is 3.27. The Morgan fingerprint density at radius 3 is 2.76 bits per heavy atom. The molecule has 1 aliphatic carbocycles. The van der Waals surface area contributed by atoms with Crippen molar-refractivity contribution in [3.8, 4) is 0 Å². The maximum Gasteiger partial charge on any atom is 0.217 e. The Balaban J connectivity index is 1.72. The quantitative estimate of drug-likeness (QED) is 0.829. The third kappa shape index (κ3) is 3.68. The molecule has 0 aliphatic heterocycles. The van der Waals surface area contributed by atoms with Crippen molar-refractivity contribution in [2.24, 2.45) is 0 Å². The van der Waals surface area contributed by atoms with Crippen molar-refractivity contribution in [1.82, 2.24) is 19.7 Å². The van der Waals surface area contributed by atoms with Crippen LogP contribution in [0.4, 0.5) is 0 Å². The van der Waals surface area contributed by atoms with Gasteiger partial charge in [-0.25, -0.2) is 4.68 Å². The zero-order chi connectivity index (χ0) is 14.7. The van der Waals surface area contributed by atoms with Crippen molar-refractivity contribution in [3.05, 3.63) is 46.5 Å². The van der Waals surface area contributed by atoms with E-state index in [1.807, 2.05) is 35.0 Å². The van der Waals surface area contributed by atoms with Crippen molar-refractivity contribution in [1.29, 1.82) is 0 Å². The van der Waals surface area contributed by atoms with Gasteiger partial charge < -0.3 is 0 Å². The number of rotatable bonds is 6.